The molecule has 0 aliphatic heterocycles. The molecule has 1 fully saturated rings. The number of para-hydroxylation sites is 1. The summed E-state index contributed by atoms with van der Waals surface area (Å²) in [5, 5.41) is 7.36. The van der Waals surface area contributed by atoms with Gasteiger partial charge in [-0.25, -0.2) is 4.98 Å². The highest BCUT2D eigenvalue weighted by molar-refractivity contribution is 5.89. The highest BCUT2D eigenvalue weighted by atomic mass is 16.5. The van der Waals surface area contributed by atoms with Gasteiger partial charge in [0.1, 0.15) is 5.82 Å². The van der Waals surface area contributed by atoms with Crippen LogP contribution in [0.25, 0.3) is 10.9 Å². The van der Waals surface area contributed by atoms with E-state index in [1.54, 1.807) is 25.1 Å². The minimum absolute atomic E-state index is 0.0759. The Morgan fingerprint density at radius 1 is 1.21 bits per heavy atom. The molecule has 1 aliphatic carbocycles. The molecule has 1 aromatic carbocycles. The van der Waals surface area contributed by atoms with E-state index in [1.807, 2.05) is 6.07 Å². The van der Waals surface area contributed by atoms with Crippen LogP contribution in [0.5, 0.6) is 0 Å². The van der Waals surface area contributed by atoms with Gasteiger partial charge in [-0.1, -0.05) is 24.2 Å². The lowest BCUT2D eigenvalue weighted by atomic mass is 9.87. The van der Waals surface area contributed by atoms with E-state index in [4.69, 9.17) is 4.52 Å². The van der Waals surface area contributed by atoms with Crippen LogP contribution in [0, 0.1) is 12.8 Å². The molecule has 0 radical (unpaired) electrons. The second-order valence-corrected chi connectivity index (χ2v) is 7.51. The van der Waals surface area contributed by atoms with E-state index < -0.39 is 0 Å². The summed E-state index contributed by atoms with van der Waals surface area (Å²) in [5.74, 6) is 1.09. The molecule has 0 unspecified atom stereocenters. The lowest BCUT2D eigenvalue weighted by Gasteiger charge is -2.26. The lowest BCUT2D eigenvalue weighted by molar-refractivity contribution is 0.0878. The van der Waals surface area contributed by atoms with Gasteiger partial charge in [0.05, 0.1) is 17.4 Å². The molecule has 0 atom stereocenters. The van der Waals surface area contributed by atoms with Crippen LogP contribution in [0.15, 0.2) is 33.6 Å². The van der Waals surface area contributed by atoms with Crippen LogP contribution in [-0.2, 0) is 6.54 Å². The molecular formula is C20H23N5O3. The summed E-state index contributed by atoms with van der Waals surface area (Å²) in [5.41, 5.74) is 0.478. The number of carbonyl (C=O) groups excluding carboxylic acids is 1. The molecule has 0 spiro atoms. The maximum atomic E-state index is 12.7. The number of hydrogen-bond donors (Lipinski definition) is 1. The lowest BCUT2D eigenvalue weighted by Crippen LogP contribution is -2.37. The van der Waals surface area contributed by atoms with E-state index in [1.165, 1.54) is 4.57 Å². The Kier molecular flexibility index (Phi) is 4.93. The van der Waals surface area contributed by atoms with Crippen LogP contribution in [0.1, 0.15) is 54.9 Å². The third kappa shape index (κ3) is 3.67. The fourth-order valence-electron chi connectivity index (χ4n) is 3.67. The Balaban J connectivity index is 1.50. The third-order valence-electron chi connectivity index (χ3n) is 5.37. The number of rotatable bonds is 4. The zero-order chi connectivity index (χ0) is 19.7. The molecule has 1 amide bonds. The maximum absolute atomic E-state index is 12.7. The summed E-state index contributed by atoms with van der Waals surface area (Å²) in [6, 6.07) is 7.33. The summed E-state index contributed by atoms with van der Waals surface area (Å²) in [7, 11) is 0. The topological polar surface area (TPSA) is 103 Å². The van der Waals surface area contributed by atoms with Crippen molar-refractivity contribution in [2.75, 3.05) is 0 Å². The smallest absolute Gasteiger partial charge is 0.316 e. The summed E-state index contributed by atoms with van der Waals surface area (Å²) in [6.07, 6.45) is 4.14. The van der Waals surface area contributed by atoms with E-state index in [0.29, 0.717) is 22.6 Å². The second-order valence-electron chi connectivity index (χ2n) is 7.51. The predicted molar refractivity (Wildman–Crippen MR) is 103 cm³/mol. The first-order chi connectivity index (χ1) is 13.5. The standard InChI is InChI=1S/C20H23N5O3/c1-12-7-9-14(10-8-12)22-18(26)19-23-17(24-28-19)11-25-13(2)21-16-6-4-3-5-15(16)20(25)27/h3-6,12,14H,7-11H2,1-2H3,(H,22,26). The Labute approximate surface area is 162 Å². The van der Waals surface area contributed by atoms with Crippen molar-refractivity contribution in [3.05, 3.63) is 52.2 Å². The van der Waals surface area contributed by atoms with Crippen LogP contribution < -0.4 is 10.9 Å². The largest absolute Gasteiger partial charge is 0.345 e. The quantitative estimate of drug-likeness (QED) is 0.745. The van der Waals surface area contributed by atoms with Gasteiger partial charge in [-0.05, 0) is 50.7 Å². The summed E-state index contributed by atoms with van der Waals surface area (Å²) in [4.78, 5) is 33.7. The highest BCUT2D eigenvalue weighted by Gasteiger charge is 2.23. The van der Waals surface area contributed by atoms with Crippen molar-refractivity contribution in [2.45, 2.75) is 52.1 Å². The molecule has 4 rings (SSSR count). The first-order valence-corrected chi connectivity index (χ1v) is 9.61. The second kappa shape index (κ2) is 7.53. The molecule has 0 bridgehead atoms. The molecule has 1 aliphatic rings. The Hall–Kier alpha value is -3.03. The number of benzene rings is 1. The van der Waals surface area contributed by atoms with Crippen LogP contribution in [0.2, 0.25) is 0 Å². The molecule has 2 aromatic heterocycles. The van der Waals surface area contributed by atoms with Crippen LogP contribution >= 0.6 is 0 Å². The van der Waals surface area contributed by atoms with E-state index in [0.717, 1.165) is 25.7 Å². The van der Waals surface area contributed by atoms with Crippen molar-refractivity contribution in [1.29, 1.82) is 0 Å². The zero-order valence-corrected chi connectivity index (χ0v) is 16.0. The number of nitrogens with one attached hydrogen (secondary N) is 1. The molecule has 8 heteroatoms. The summed E-state index contributed by atoms with van der Waals surface area (Å²) >= 11 is 0. The molecule has 8 nitrogen and oxygen atoms in total. The fourth-order valence-corrected chi connectivity index (χ4v) is 3.67. The third-order valence-corrected chi connectivity index (χ3v) is 5.37. The number of amides is 1. The SMILES string of the molecule is Cc1nc2ccccc2c(=O)n1Cc1noc(C(=O)NC2CCC(C)CC2)n1. The van der Waals surface area contributed by atoms with E-state index in [-0.39, 0.29) is 35.8 Å². The fraction of sp³-hybridized carbons (Fsp3) is 0.450. The van der Waals surface area contributed by atoms with Crippen molar-refractivity contribution in [3.63, 3.8) is 0 Å². The monoisotopic (exact) mass is 381 g/mol. The Morgan fingerprint density at radius 3 is 2.75 bits per heavy atom. The van der Waals surface area contributed by atoms with Gasteiger partial charge in [0.15, 0.2) is 5.82 Å². The number of aryl methyl sites for hydroxylation is 1. The normalized spacial score (nSPS) is 19.6. The van der Waals surface area contributed by atoms with E-state index in [9.17, 15) is 9.59 Å². The van der Waals surface area contributed by atoms with Gasteiger partial charge >= 0.3 is 11.8 Å². The summed E-state index contributed by atoms with van der Waals surface area (Å²) in [6.45, 7) is 4.08. The maximum Gasteiger partial charge on any atom is 0.316 e. The van der Waals surface area contributed by atoms with Gasteiger partial charge in [-0.3, -0.25) is 14.2 Å². The van der Waals surface area contributed by atoms with Gasteiger partial charge < -0.3 is 9.84 Å². The van der Waals surface area contributed by atoms with E-state index >= 15 is 0 Å². The minimum atomic E-state index is -0.362. The number of carbonyl (C=O) groups is 1. The first-order valence-electron chi connectivity index (χ1n) is 9.61. The first kappa shape index (κ1) is 18.3. The van der Waals surface area contributed by atoms with Crippen molar-refractivity contribution < 1.29 is 9.32 Å². The molecule has 3 aromatic rings. The van der Waals surface area contributed by atoms with Crippen molar-refractivity contribution in [1.82, 2.24) is 25.0 Å². The molecule has 0 saturated heterocycles. The van der Waals surface area contributed by atoms with E-state index in [2.05, 4.69) is 27.4 Å². The molecule has 146 valence electrons. The Morgan fingerprint density at radius 2 is 1.96 bits per heavy atom. The van der Waals surface area contributed by atoms with Crippen molar-refractivity contribution in [3.8, 4) is 0 Å². The highest BCUT2D eigenvalue weighted by Crippen LogP contribution is 2.23. The average Bonchev–Trinajstić information content (AvgIpc) is 3.16. The zero-order valence-electron chi connectivity index (χ0n) is 16.0. The van der Waals surface area contributed by atoms with Crippen LogP contribution in [0.3, 0.4) is 0 Å². The van der Waals surface area contributed by atoms with Crippen LogP contribution in [-0.4, -0.2) is 31.6 Å². The van der Waals surface area contributed by atoms with Crippen molar-refractivity contribution in [2.24, 2.45) is 5.92 Å². The van der Waals surface area contributed by atoms with Crippen LogP contribution in [0.4, 0.5) is 0 Å². The average molecular weight is 381 g/mol. The Bertz CT molecular complexity index is 1060. The van der Waals surface area contributed by atoms with Gasteiger partial charge in [0.2, 0.25) is 0 Å². The number of fused-ring (bicyclic) bond motifs is 1. The van der Waals surface area contributed by atoms with Crippen molar-refractivity contribution >= 4 is 16.8 Å². The molecule has 28 heavy (non-hydrogen) atoms. The number of aromatic nitrogens is 4. The molecule has 2 heterocycles. The predicted octanol–water partition coefficient (Wildman–Crippen LogP) is 2.44. The summed E-state index contributed by atoms with van der Waals surface area (Å²) < 4.78 is 6.60. The number of nitrogens with zero attached hydrogens (tertiary/aromatic N) is 4. The number of hydrogen-bond acceptors (Lipinski definition) is 6. The molecular weight excluding hydrogens is 358 g/mol. The van der Waals surface area contributed by atoms with Gasteiger partial charge in [0.25, 0.3) is 5.56 Å². The van der Waals surface area contributed by atoms with Gasteiger partial charge in [-0.2, -0.15) is 4.98 Å². The minimum Gasteiger partial charge on any atom is -0.345 e. The molecule has 1 N–H and O–H groups in total. The van der Waals surface area contributed by atoms with Gasteiger partial charge in [-0.15, -0.1) is 0 Å². The molecule has 1 saturated carbocycles. The van der Waals surface area contributed by atoms with Gasteiger partial charge in [0, 0.05) is 6.04 Å².